The van der Waals surface area contributed by atoms with Crippen molar-refractivity contribution < 1.29 is 14.0 Å². The van der Waals surface area contributed by atoms with Crippen LogP contribution in [0.5, 0.6) is 0 Å². The summed E-state index contributed by atoms with van der Waals surface area (Å²) in [5.74, 6) is 0.474. The molecule has 1 amide bonds. The fourth-order valence-corrected chi connectivity index (χ4v) is 5.86. The lowest BCUT2D eigenvalue weighted by molar-refractivity contribution is 0.120. The van der Waals surface area contributed by atoms with Gasteiger partial charge in [0.2, 0.25) is 5.95 Å². The first-order chi connectivity index (χ1) is 19.6. The molecular weight excluding hydrogens is 556 g/mol. The second-order valence-corrected chi connectivity index (χ2v) is 16.7. The maximum atomic E-state index is 12.6. The molecule has 1 aliphatic rings. The van der Waals surface area contributed by atoms with Crippen molar-refractivity contribution in [2.45, 2.75) is 77.2 Å². The Balaban J connectivity index is 1.29. The zero-order chi connectivity index (χ0) is 29.0. The molecule has 11 heteroatoms. The standard InChI is InChI=1S/C30H37ClN6O3Si/c1-30(35-29(38)39-19-21-11-6-5-7-12-21)16-10-13-22(17-30)33-28-32-18-24(31)27(34-28)26-23-14-8-9-15-25(23)37(36-26)20-40-41(2,3)4/h5-9,11-12,14-15,18,22H,10,13,16-17,19-20H2,1-4H3,(H,35,38)(H,32,33,34)/t22-,30+/m1/s1. The average molecular weight is 593 g/mol. The summed E-state index contributed by atoms with van der Waals surface area (Å²) in [7, 11) is -1.74. The Morgan fingerprint density at radius 3 is 2.66 bits per heavy atom. The number of aromatic nitrogens is 4. The Kier molecular flexibility index (Phi) is 8.62. The molecular formula is C30H37ClN6O3Si. The minimum atomic E-state index is -1.74. The number of halogens is 1. The molecule has 0 aliphatic heterocycles. The summed E-state index contributed by atoms with van der Waals surface area (Å²) >= 11 is 6.62. The first-order valence-corrected chi connectivity index (χ1v) is 17.7. The van der Waals surface area contributed by atoms with Gasteiger partial charge in [-0.3, -0.25) is 0 Å². The van der Waals surface area contributed by atoms with E-state index in [-0.39, 0.29) is 12.6 Å². The van der Waals surface area contributed by atoms with Crippen LogP contribution in [0.15, 0.2) is 60.8 Å². The van der Waals surface area contributed by atoms with Gasteiger partial charge in [0, 0.05) is 17.0 Å². The zero-order valence-electron chi connectivity index (χ0n) is 24.0. The molecule has 41 heavy (non-hydrogen) atoms. The minimum absolute atomic E-state index is 0.0663. The van der Waals surface area contributed by atoms with Gasteiger partial charge in [-0.1, -0.05) is 60.1 Å². The third kappa shape index (κ3) is 7.44. The number of carbonyl (C=O) groups excluding carboxylic acids is 1. The number of amides is 1. The van der Waals surface area contributed by atoms with Gasteiger partial charge in [0.15, 0.2) is 8.32 Å². The summed E-state index contributed by atoms with van der Waals surface area (Å²) in [5.41, 5.74) is 2.75. The van der Waals surface area contributed by atoms with E-state index in [4.69, 9.17) is 30.8 Å². The molecule has 9 nitrogen and oxygen atoms in total. The van der Waals surface area contributed by atoms with Gasteiger partial charge in [0.25, 0.3) is 0 Å². The van der Waals surface area contributed by atoms with Crippen LogP contribution in [-0.2, 0) is 22.5 Å². The molecule has 1 fully saturated rings. The molecule has 4 aromatic rings. The molecule has 5 rings (SSSR count). The Bertz CT molecular complexity index is 1510. The van der Waals surface area contributed by atoms with Crippen molar-refractivity contribution in [2.24, 2.45) is 0 Å². The molecule has 2 aromatic heterocycles. The number of ether oxygens (including phenoxy) is 1. The summed E-state index contributed by atoms with van der Waals surface area (Å²) in [6, 6.07) is 17.7. The van der Waals surface area contributed by atoms with E-state index in [0.29, 0.717) is 35.5 Å². The molecule has 2 heterocycles. The lowest BCUT2D eigenvalue weighted by atomic mass is 9.80. The van der Waals surface area contributed by atoms with Gasteiger partial charge in [-0.05, 0) is 63.9 Å². The molecule has 0 radical (unpaired) electrons. The van der Waals surface area contributed by atoms with E-state index in [1.165, 1.54) is 0 Å². The van der Waals surface area contributed by atoms with E-state index in [9.17, 15) is 4.79 Å². The Morgan fingerprint density at radius 1 is 1.12 bits per heavy atom. The first-order valence-electron chi connectivity index (χ1n) is 14.0. The van der Waals surface area contributed by atoms with Crippen LogP contribution in [0.3, 0.4) is 0 Å². The average Bonchev–Trinajstić information content (AvgIpc) is 3.30. The quantitative estimate of drug-likeness (QED) is 0.202. The maximum Gasteiger partial charge on any atom is 0.407 e. The van der Waals surface area contributed by atoms with Crippen LogP contribution in [0.1, 0.15) is 38.2 Å². The molecule has 0 bridgehead atoms. The number of benzene rings is 2. The lowest BCUT2D eigenvalue weighted by Crippen LogP contribution is -2.51. The minimum Gasteiger partial charge on any atom is -0.445 e. The first kappa shape index (κ1) is 29.0. The van der Waals surface area contributed by atoms with Gasteiger partial charge in [-0.2, -0.15) is 5.10 Å². The van der Waals surface area contributed by atoms with Crippen LogP contribution >= 0.6 is 11.6 Å². The number of fused-ring (bicyclic) bond motifs is 1. The van der Waals surface area contributed by atoms with Crippen LogP contribution in [0, 0.1) is 0 Å². The van der Waals surface area contributed by atoms with E-state index in [2.05, 4.69) is 42.2 Å². The number of alkyl carbamates (subject to hydrolysis) is 1. The smallest absolute Gasteiger partial charge is 0.407 e. The summed E-state index contributed by atoms with van der Waals surface area (Å²) in [5, 5.41) is 12.8. The molecule has 2 atom stereocenters. The Labute approximate surface area is 246 Å². The summed E-state index contributed by atoms with van der Waals surface area (Å²) in [6.45, 7) is 9.11. The van der Waals surface area contributed by atoms with Crippen LogP contribution in [0.2, 0.25) is 24.7 Å². The predicted molar refractivity (Wildman–Crippen MR) is 164 cm³/mol. The summed E-state index contributed by atoms with van der Waals surface area (Å²) in [6.07, 6.45) is 4.65. The molecule has 1 aliphatic carbocycles. The van der Waals surface area contributed by atoms with E-state index < -0.39 is 19.9 Å². The van der Waals surface area contributed by atoms with Gasteiger partial charge in [0.05, 0.1) is 16.7 Å². The van der Waals surface area contributed by atoms with Crippen LogP contribution in [0.4, 0.5) is 10.7 Å². The Morgan fingerprint density at radius 2 is 1.88 bits per heavy atom. The van der Waals surface area contributed by atoms with Crippen molar-refractivity contribution in [3.05, 3.63) is 71.4 Å². The predicted octanol–water partition coefficient (Wildman–Crippen LogP) is 7.00. The topological polar surface area (TPSA) is 103 Å². The highest BCUT2D eigenvalue weighted by Gasteiger charge is 2.34. The largest absolute Gasteiger partial charge is 0.445 e. The van der Waals surface area contributed by atoms with E-state index in [0.717, 1.165) is 35.7 Å². The lowest BCUT2D eigenvalue weighted by Gasteiger charge is -2.38. The third-order valence-corrected chi connectivity index (χ3v) is 8.45. The number of rotatable bonds is 9. The summed E-state index contributed by atoms with van der Waals surface area (Å²) in [4.78, 5) is 21.9. The highest BCUT2D eigenvalue weighted by molar-refractivity contribution is 6.69. The third-order valence-electron chi connectivity index (χ3n) is 7.17. The van der Waals surface area contributed by atoms with Crippen molar-refractivity contribution in [1.82, 2.24) is 25.1 Å². The molecule has 2 N–H and O–H groups in total. The number of para-hydroxylation sites is 1. The second-order valence-electron chi connectivity index (χ2n) is 11.8. The number of carbonyl (C=O) groups is 1. The maximum absolute atomic E-state index is 12.6. The molecule has 0 spiro atoms. The van der Waals surface area contributed by atoms with Crippen molar-refractivity contribution in [2.75, 3.05) is 5.32 Å². The van der Waals surface area contributed by atoms with Crippen LogP contribution < -0.4 is 10.6 Å². The molecule has 216 valence electrons. The monoisotopic (exact) mass is 592 g/mol. The van der Waals surface area contributed by atoms with Crippen molar-refractivity contribution >= 4 is 42.9 Å². The number of hydrogen-bond donors (Lipinski definition) is 2. The Hall–Kier alpha value is -3.47. The van der Waals surface area contributed by atoms with Crippen molar-refractivity contribution in [3.63, 3.8) is 0 Å². The number of hydrogen-bond acceptors (Lipinski definition) is 7. The van der Waals surface area contributed by atoms with Gasteiger partial charge < -0.3 is 19.8 Å². The van der Waals surface area contributed by atoms with Crippen LogP contribution in [-0.4, -0.2) is 45.7 Å². The second kappa shape index (κ2) is 12.2. The molecule has 0 unspecified atom stereocenters. The van der Waals surface area contributed by atoms with Crippen molar-refractivity contribution in [3.8, 4) is 11.4 Å². The van der Waals surface area contributed by atoms with Crippen LogP contribution in [0.25, 0.3) is 22.3 Å². The summed E-state index contributed by atoms with van der Waals surface area (Å²) < 4.78 is 13.5. The fraction of sp³-hybridized carbons (Fsp3) is 0.400. The van der Waals surface area contributed by atoms with Gasteiger partial charge in [-0.25, -0.2) is 19.4 Å². The normalized spacial score (nSPS) is 19.2. The number of nitrogens with zero attached hydrogens (tertiary/aromatic N) is 4. The van der Waals surface area contributed by atoms with E-state index in [1.807, 2.05) is 59.3 Å². The highest BCUT2D eigenvalue weighted by Crippen LogP contribution is 2.33. The van der Waals surface area contributed by atoms with Gasteiger partial charge in [-0.15, -0.1) is 0 Å². The van der Waals surface area contributed by atoms with Gasteiger partial charge in [0.1, 0.15) is 24.7 Å². The zero-order valence-corrected chi connectivity index (χ0v) is 25.7. The molecule has 1 saturated carbocycles. The van der Waals surface area contributed by atoms with E-state index >= 15 is 0 Å². The SMILES string of the molecule is C[C@]1(NC(=O)OCc2ccccc2)CCC[C@@H](Nc2ncc(Cl)c(-c3nn(CO[Si](C)(C)C)c4ccccc34)n2)C1. The fourth-order valence-electron chi connectivity index (χ4n) is 5.17. The van der Waals surface area contributed by atoms with E-state index in [1.54, 1.807) is 6.20 Å². The molecule has 0 saturated heterocycles. The van der Waals surface area contributed by atoms with Gasteiger partial charge >= 0.3 is 6.09 Å². The number of nitrogens with one attached hydrogen (secondary N) is 2. The van der Waals surface area contributed by atoms with Crippen molar-refractivity contribution in [1.29, 1.82) is 0 Å². The molecule has 2 aromatic carbocycles. The number of anilines is 1. The highest BCUT2D eigenvalue weighted by atomic mass is 35.5.